The molecule has 15 heavy (non-hydrogen) atoms. The zero-order chi connectivity index (χ0) is 11.6. The van der Waals surface area contributed by atoms with Crippen LogP contribution in [0.2, 0.25) is 0 Å². The highest BCUT2D eigenvalue weighted by atomic mass is 79.9. The molecule has 0 bridgehead atoms. The monoisotopic (exact) mass is 277 g/mol. The van der Waals surface area contributed by atoms with Crippen LogP contribution in [0, 0.1) is 5.82 Å². The molecular weight excluding hydrogens is 269 g/mol. The summed E-state index contributed by atoms with van der Waals surface area (Å²) < 4.78 is 18.1. The van der Waals surface area contributed by atoms with Crippen LogP contribution < -0.4 is 10.5 Å². The maximum absolute atomic E-state index is 13.1. The first-order valence-corrected chi connectivity index (χ1v) is 4.78. The van der Waals surface area contributed by atoms with Crippen LogP contribution in [0.15, 0.2) is 16.6 Å². The van der Waals surface area contributed by atoms with Crippen molar-refractivity contribution in [1.82, 2.24) is 0 Å². The van der Waals surface area contributed by atoms with Crippen molar-refractivity contribution in [2.24, 2.45) is 5.73 Å². The van der Waals surface area contributed by atoms with Gasteiger partial charge in [-0.25, -0.2) is 4.39 Å². The predicted molar refractivity (Wildman–Crippen MR) is 55.2 cm³/mol. The minimum Gasteiger partial charge on any atom is -0.496 e. The number of aliphatic carboxylic acids is 1. The maximum atomic E-state index is 13.1. The lowest BCUT2D eigenvalue weighted by Gasteiger charge is -2.12. The van der Waals surface area contributed by atoms with E-state index in [-0.39, 0.29) is 15.8 Å². The summed E-state index contributed by atoms with van der Waals surface area (Å²) in [6.45, 7) is 0. The van der Waals surface area contributed by atoms with Gasteiger partial charge in [-0.3, -0.25) is 4.79 Å². The highest BCUT2D eigenvalue weighted by Gasteiger charge is 2.20. The van der Waals surface area contributed by atoms with E-state index in [1.807, 2.05) is 0 Å². The van der Waals surface area contributed by atoms with Gasteiger partial charge in [0.25, 0.3) is 0 Å². The molecule has 0 aliphatic carbocycles. The number of ether oxygens (including phenoxy) is 1. The molecule has 0 saturated heterocycles. The molecule has 1 aromatic rings. The molecule has 6 heteroatoms. The van der Waals surface area contributed by atoms with Gasteiger partial charge in [-0.05, 0) is 22.0 Å². The number of carboxylic acid groups (broad SMARTS) is 1. The Balaban J connectivity index is 3.27. The number of methoxy groups -OCH3 is 1. The van der Waals surface area contributed by atoms with Crippen molar-refractivity contribution in [2.75, 3.05) is 7.11 Å². The highest BCUT2D eigenvalue weighted by Crippen LogP contribution is 2.29. The third-order valence-corrected chi connectivity index (χ3v) is 2.48. The average Bonchev–Trinajstić information content (AvgIpc) is 2.20. The maximum Gasteiger partial charge on any atom is 0.325 e. The Morgan fingerprint density at radius 3 is 2.73 bits per heavy atom. The van der Waals surface area contributed by atoms with Crippen LogP contribution in [0.1, 0.15) is 11.6 Å². The van der Waals surface area contributed by atoms with Crippen molar-refractivity contribution >= 4 is 21.9 Å². The lowest BCUT2D eigenvalue weighted by Crippen LogP contribution is -2.21. The summed E-state index contributed by atoms with van der Waals surface area (Å²) in [6.07, 6.45) is 0. The van der Waals surface area contributed by atoms with Gasteiger partial charge in [0, 0.05) is 11.6 Å². The van der Waals surface area contributed by atoms with Gasteiger partial charge in [-0.2, -0.15) is 0 Å². The van der Waals surface area contributed by atoms with Crippen molar-refractivity contribution in [3.8, 4) is 5.75 Å². The molecule has 0 aromatic heterocycles. The fraction of sp³-hybridized carbons (Fsp3) is 0.222. The molecule has 0 amide bonds. The lowest BCUT2D eigenvalue weighted by molar-refractivity contribution is -0.138. The van der Waals surface area contributed by atoms with Gasteiger partial charge in [0.15, 0.2) is 0 Å². The smallest absolute Gasteiger partial charge is 0.325 e. The van der Waals surface area contributed by atoms with Gasteiger partial charge in [0.2, 0.25) is 0 Å². The van der Waals surface area contributed by atoms with Crippen LogP contribution in [0.5, 0.6) is 5.75 Å². The van der Waals surface area contributed by atoms with Crippen molar-refractivity contribution in [1.29, 1.82) is 0 Å². The average molecular weight is 278 g/mol. The van der Waals surface area contributed by atoms with Crippen LogP contribution in [0.3, 0.4) is 0 Å². The SMILES string of the molecule is COc1cc(F)c(Br)cc1C(N)C(=O)O. The third kappa shape index (κ3) is 2.45. The minimum atomic E-state index is -1.24. The van der Waals surface area contributed by atoms with Crippen LogP contribution in [-0.2, 0) is 4.79 Å². The summed E-state index contributed by atoms with van der Waals surface area (Å²) in [5.74, 6) is -1.62. The molecule has 0 aliphatic rings. The second kappa shape index (κ2) is 4.59. The molecule has 0 aliphatic heterocycles. The fourth-order valence-electron chi connectivity index (χ4n) is 1.10. The van der Waals surface area contributed by atoms with Gasteiger partial charge in [0.05, 0.1) is 11.6 Å². The molecule has 1 rings (SSSR count). The van der Waals surface area contributed by atoms with E-state index in [9.17, 15) is 9.18 Å². The number of hydrogen-bond acceptors (Lipinski definition) is 3. The van der Waals surface area contributed by atoms with Crippen molar-refractivity contribution < 1.29 is 19.0 Å². The van der Waals surface area contributed by atoms with Gasteiger partial charge in [-0.1, -0.05) is 0 Å². The number of carboxylic acids is 1. The Kier molecular flexibility index (Phi) is 3.65. The number of carbonyl (C=O) groups is 1. The highest BCUT2D eigenvalue weighted by molar-refractivity contribution is 9.10. The Morgan fingerprint density at radius 1 is 1.67 bits per heavy atom. The fourth-order valence-corrected chi connectivity index (χ4v) is 1.46. The first kappa shape index (κ1) is 11.9. The molecular formula is C9H9BrFNO3. The molecule has 0 saturated carbocycles. The first-order valence-electron chi connectivity index (χ1n) is 3.98. The Labute approximate surface area is 94.0 Å². The number of hydrogen-bond donors (Lipinski definition) is 2. The first-order chi connectivity index (χ1) is 6.97. The van der Waals surface area contributed by atoms with E-state index >= 15 is 0 Å². The Morgan fingerprint density at radius 2 is 2.27 bits per heavy atom. The summed E-state index contributed by atoms with van der Waals surface area (Å²) >= 11 is 2.95. The Hall–Kier alpha value is -1.14. The van der Waals surface area contributed by atoms with Crippen molar-refractivity contribution in [2.45, 2.75) is 6.04 Å². The third-order valence-electron chi connectivity index (χ3n) is 1.87. The van der Waals surface area contributed by atoms with E-state index in [0.29, 0.717) is 0 Å². The van der Waals surface area contributed by atoms with E-state index in [0.717, 1.165) is 6.07 Å². The van der Waals surface area contributed by atoms with E-state index in [2.05, 4.69) is 15.9 Å². The molecule has 3 N–H and O–H groups in total. The molecule has 1 atom stereocenters. The van der Waals surface area contributed by atoms with E-state index < -0.39 is 17.8 Å². The molecule has 0 fully saturated rings. The van der Waals surface area contributed by atoms with Crippen LogP contribution >= 0.6 is 15.9 Å². The second-order valence-corrected chi connectivity index (χ2v) is 3.68. The number of halogens is 2. The molecule has 1 aromatic carbocycles. The molecule has 0 heterocycles. The molecule has 0 radical (unpaired) electrons. The number of rotatable bonds is 3. The minimum absolute atomic E-state index is 0.116. The molecule has 82 valence electrons. The number of benzene rings is 1. The topological polar surface area (TPSA) is 72.5 Å². The van der Waals surface area contributed by atoms with Gasteiger partial charge < -0.3 is 15.6 Å². The van der Waals surface area contributed by atoms with Crippen molar-refractivity contribution in [3.63, 3.8) is 0 Å². The van der Waals surface area contributed by atoms with Crippen LogP contribution in [-0.4, -0.2) is 18.2 Å². The zero-order valence-corrected chi connectivity index (χ0v) is 9.42. The molecule has 4 nitrogen and oxygen atoms in total. The molecule has 1 unspecified atom stereocenters. The van der Waals surface area contributed by atoms with Gasteiger partial charge in [-0.15, -0.1) is 0 Å². The summed E-state index contributed by atoms with van der Waals surface area (Å²) in [5.41, 5.74) is 5.63. The van der Waals surface area contributed by atoms with Crippen LogP contribution in [0.4, 0.5) is 4.39 Å². The predicted octanol–water partition coefficient (Wildman–Crippen LogP) is 1.68. The van der Waals surface area contributed by atoms with E-state index in [1.54, 1.807) is 0 Å². The Bertz CT molecular complexity index is 397. The second-order valence-electron chi connectivity index (χ2n) is 2.82. The van der Waals surface area contributed by atoms with Crippen molar-refractivity contribution in [3.05, 3.63) is 28.0 Å². The standard InChI is InChI=1S/C9H9BrFNO3/c1-15-7-3-6(11)5(10)2-4(7)8(12)9(13)14/h2-3,8H,12H2,1H3,(H,13,14). The summed E-state index contributed by atoms with van der Waals surface area (Å²) in [4.78, 5) is 10.7. The van der Waals surface area contributed by atoms with Gasteiger partial charge >= 0.3 is 5.97 Å². The molecule has 0 spiro atoms. The van der Waals surface area contributed by atoms with E-state index in [4.69, 9.17) is 15.6 Å². The number of nitrogens with two attached hydrogens (primary N) is 1. The largest absolute Gasteiger partial charge is 0.496 e. The van der Waals surface area contributed by atoms with Gasteiger partial charge in [0.1, 0.15) is 17.6 Å². The lowest BCUT2D eigenvalue weighted by atomic mass is 10.1. The summed E-state index contributed by atoms with van der Waals surface area (Å²) in [7, 11) is 1.32. The summed E-state index contributed by atoms with van der Waals surface area (Å²) in [6, 6.07) is 1.15. The van der Waals surface area contributed by atoms with Crippen LogP contribution in [0.25, 0.3) is 0 Å². The van der Waals surface area contributed by atoms with E-state index in [1.165, 1.54) is 13.2 Å². The zero-order valence-electron chi connectivity index (χ0n) is 7.83. The quantitative estimate of drug-likeness (QED) is 0.882. The summed E-state index contributed by atoms with van der Waals surface area (Å²) in [5, 5.41) is 8.73. The normalized spacial score (nSPS) is 12.3.